The molecule has 0 fully saturated rings. The molecule has 1 heterocycles. The number of phenols is 2. The number of hydrogen-bond donors (Lipinski definition) is 2. The number of nitrogens with zero attached hydrogens (tertiary/aromatic N) is 1. The SMILES string of the molecule is Oc1ccc(O)c(Sc2nc3ccccc3s2)c1. The van der Waals surface area contributed by atoms with Gasteiger partial charge in [0.25, 0.3) is 0 Å². The quantitative estimate of drug-likeness (QED) is 0.697. The van der Waals surface area contributed by atoms with E-state index in [-0.39, 0.29) is 11.5 Å². The molecule has 0 spiro atoms. The summed E-state index contributed by atoms with van der Waals surface area (Å²) in [5, 5.41) is 19.1. The predicted octanol–water partition coefficient (Wildman–Crippen LogP) is 3.86. The summed E-state index contributed by atoms with van der Waals surface area (Å²) >= 11 is 2.92. The van der Waals surface area contributed by atoms with Gasteiger partial charge in [0.2, 0.25) is 0 Å². The monoisotopic (exact) mass is 275 g/mol. The molecular weight excluding hydrogens is 266 g/mol. The number of hydrogen-bond acceptors (Lipinski definition) is 5. The van der Waals surface area contributed by atoms with Crippen LogP contribution in [-0.2, 0) is 0 Å². The Morgan fingerprint density at radius 1 is 1.06 bits per heavy atom. The van der Waals surface area contributed by atoms with E-state index < -0.39 is 0 Å². The average molecular weight is 275 g/mol. The van der Waals surface area contributed by atoms with Crippen molar-refractivity contribution in [2.24, 2.45) is 0 Å². The van der Waals surface area contributed by atoms with E-state index in [1.807, 2.05) is 24.3 Å². The number of fused-ring (bicyclic) bond motifs is 1. The molecule has 2 N–H and O–H groups in total. The van der Waals surface area contributed by atoms with Crippen LogP contribution < -0.4 is 0 Å². The van der Waals surface area contributed by atoms with Gasteiger partial charge in [-0.2, -0.15) is 0 Å². The molecule has 0 radical (unpaired) electrons. The normalized spacial score (nSPS) is 10.9. The second kappa shape index (κ2) is 4.51. The molecule has 90 valence electrons. The molecule has 0 saturated carbocycles. The van der Waals surface area contributed by atoms with Gasteiger partial charge in [-0.05, 0) is 30.3 Å². The zero-order chi connectivity index (χ0) is 12.5. The van der Waals surface area contributed by atoms with Crippen molar-refractivity contribution in [1.82, 2.24) is 4.98 Å². The summed E-state index contributed by atoms with van der Waals surface area (Å²) in [4.78, 5) is 5.07. The van der Waals surface area contributed by atoms with Gasteiger partial charge in [-0.25, -0.2) is 4.98 Å². The maximum atomic E-state index is 9.72. The maximum absolute atomic E-state index is 9.72. The van der Waals surface area contributed by atoms with Gasteiger partial charge in [0.15, 0.2) is 4.34 Å². The zero-order valence-corrected chi connectivity index (χ0v) is 10.8. The molecule has 3 nitrogen and oxygen atoms in total. The zero-order valence-electron chi connectivity index (χ0n) is 9.20. The predicted molar refractivity (Wildman–Crippen MR) is 73.5 cm³/mol. The Hall–Kier alpha value is -1.72. The van der Waals surface area contributed by atoms with E-state index in [2.05, 4.69) is 4.98 Å². The Kier molecular flexibility index (Phi) is 2.85. The van der Waals surface area contributed by atoms with Crippen molar-refractivity contribution in [3.63, 3.8) is 0 Å². The van der Waals surface area contributed by atoms with Crippen LogP contribution in [0.1, 0.15) is 0 Å². The van der Waals surface area contributed by atoms with E-state index in [4.69, 9.17) is 0 Å². The number of aromatic hydroxyl groups is 2. The molecule has 0 aliphatic heterocycles. The van der Waals surface area contributed by atoms with Gasteiger partial charge in [-0.1, -0.05) is 23.9 Å². The van der Waals surface area contributed by atoms with Crippen LogP contribution in [0.2, 0.25) is 0 Å². The highest BCUT2D eigenvalue weighted by atomic mass is 32.2. The van der Waals surface area contributed by atoms with Gasteiger partial charge in [0.05, 0.1) is 15.1 Å². The lowest BCUT2D eigenvalue weighted by Crippen LogP contribution is -1.74. The van der Waals surface area contributed by atoms with Crippen LogP contribution in [0.4, 0.5) is 0 Å². The molecule has 3 aromatic rings. The smallest absolute Gasteiger partial charge is 0.156 e. The molecule has 0 aliphatic rings. The Morgan fingerprint density at radius 2 is 1.89 bits per heavy atom. The molecule has 5 heteroatoms. The summed E-state index contributed by atoms with van der Waals surface area (Å²) in [5.74, 6) is 0.286. The summed E-state index contributed by atoms with van der Waals surface area (Å²) in [5.41, 5.74) is 0.949. The summed E-state index contributed by atoms with van der Waals surface area (Å²) < 4.78 is 1.96. The fourth-order valence-corrected chi connectivity index (χ4v) is 3.66. The summed E-state index contributed by atoms with van der Waals surface area (Å²) in [6, 6.07) is 12.4. The third kappa shape index (κ3) is 2.14. The number of rotatable bonds is 2. The minimum absolute atomic E-state index is 0.136. The van der Waals surface area contributed by atoms with E-state index in [9.17, 15) is 10.2 Å². The molecule has 2 aromatic carbocycles. The highest BCUT2D eigenvalue weighted by molar-refractivity contribution is 8.01. The Labute approximate surface area is 112 Å². The van der Waals surface area contributed by atoms with Crippen LogP contribution in [-0.4, -0.2) is 15.2 Å². The first-order chi connectivity index (χ1) is 8.72. The summed E-state index contributed by atoms with van der Waals surface area (Å²) in [7, 11) is 0. The highest BCUT2D eigenvalue weighted by Gasteiger charge is 2.09. The molecule has 0 atom stereocenters. The van der Waals surface area contributed by atoms with E-state index in [1.54, 1.807) is 11.3 Å². The second-order valence-electron chi connectivity index (χ2n) is 3.70. The molecule has 3 rings (SSSR count). The van der Waals surface area contributed by atoms with Crippen LogP contribution in [0.5, 0.6) is 11.5 Å². The van der Waals surface area contributed by atoms with Crippen LogP contribution >= 0.6 is 23.1 Å². The first kappa shape index (κ1) is 11.4. The van der Waals surface area contributed by atoms with Crippen molar-refractivity contribution in [2.45, 2.75) is 9.24 Å². The minimum Gasteiger partial charge on any atom is -0.508 e. The first-order valence-corrected chi connectivity index (χ1v) is 6.91. The lowest BCUT2D eigenvalue weighted by molar-refractivity contribution is 0.448. The van der Waals surface area contributed by atoms with Gasteiger partial charge in [0.1, 0.15) is 11.5 Å². The van der Waals surface area contributed by atoms with Crippen LogP contribution in [0.15, 0.2) is 51.7 Å². The molecule has 0 unspecified atom stereocenters. The van der Waals surface area contributed by atoms with Gasteiger partial charge in [0, 0.05) is 0 Å². The number of para-hydroxylation sites is 1. The number of aromatic nitrogens is 1. The molecular formula is C13H9NO2S2. The van der Waals surface area contributed by atoms with Crippen molar-refractivity contribution < 1.29 is 10.2 Å². The molecule has 0 aliphatic carbocycles. The molecule has 1 aromatic heterocycles. The first-order valence-electron chi connectivity index (χ1n) is 5.28. The van der Waals surface area contributed by atoms with E-state index >= 15 is 0 Å². The third-order valence-electron chi connectivity index (χ3n) is 2.41. The minimum atomic E-state index is 0.136. The molecule has 18 heavy (non-hydrogen) atoms. The van der Waals surface area contributed by atoms with Crippen molar-refractivity contribution in [2.75, 3.05) is 0 Å². The highest BCUT2D eigenvalue weighted by Crippen LogP contribution is 2.39. The van der Waals surface area contributed by atoms with Crippen LogP contribution in [0.25, 0.3) is 10.2 Å². The maximum Gasteiger partial charge on any atom is 0.156 e. The lowest BCUT2D eigenvalue weighted by Gasteiger charge is -2.01. The van der Waals surface area contributed by atoms with Gasteiger partial charge >= 0.3 is 0 Å². The van der Waals surface area contributed by atoms with Crippen molar-refractivity contribution in [3.05, 3.63) is 42.5 Å². The van der Waals surface area contributed by atoms with Crippen LogP contribution in [0.3, 0.4) is 0 Å². The van der Waals surface area contributed by atoms with E-state index in [0.717, 1.165) is 14.6 Å². The van der Waals surface area contributed by atoms with Crippen LogP contribution in [0, 0.1) is 0 Å². The topological polar surface area (TPSA) is 53.4 Å². The number of phenolic OH excluding ortho intramolecular Hbond substituents is 2. The number of benzene rings is 2. The molecule has 0 saturated heterocycles. The largest absolute Gasteiger partial charge is 0.508 e. The van der Waals surface area contributed by atoms with Crippen molar-refractivity contribution in [3.8, 4) is 11.5 Å². The fraction of sp³-hybridized carbons (Fsp3) is 0. The summed E-state index contributed by atoms with van der Waals surface area (Å²) in [6.45, 7) is 0. The third-order valence-corrected chi connectivity index (χ3v) is 4.56. The standard InChI is InChI=1S/C13H9NO2S2/c15-8-5-6-10(16)12(7-8)18-13-14-9-3-1-2-4-11(9)17-13/h1-7,15-16H. The van der Waals surface area contributed by atoms with Gasteiger partial charge < -0.3 is 10.2 Å². The Morgan fingerprint density at radius 3 is 2.72 bits per heavy atom. The van der Waals surface area contributed by atoms with Gasteiger partial charge in [-0.3, -0.25) is 0 Å². The average Bonchev–Trinajstić information content (AvgIpc) is 2.76. The molecule has 0 bridgehead atoms. The van der Waals surface area contributed by atoms with Gasteiger partial charge in [-0.15, -0.1) is 11.3 Å². The second-order valence-corrected chi connectivity index (χ2v) is 6.02. The number of thiazole rings is 1. The lowest BCUT2D eigenvalue weighted by atomic mass is 10.3. The fourth-order valence-electron chi connectivity index (χ4n) is 1.57. The van der Waals surface area contributed by atoms with E-state index in [1.165, 1.54) is 30.0 Å². The van der Waals surface area contributed by atoms with Crippen molar-refractivity contribution >= 4 is 33.3 Å². The Balaban J connectivity index is 1.98. The summed E-state index contributed by atoms with van der Waals surface area (Å²) in [6.07, 6.45) is 0. The Bertz CT molecular complexity index is 676. The van der Waals surface area contributed by atoms with Crippen molar-refractivity contribution in [1.29, 1.82) is 0 Å². The van der Waals surface area contributed by atoms with E-state index in [0.29, 0.717) is 4.90 Å². The molecule has 0 amide bonds.